The van der Waals surface area contributed by atoms with Gasteiger partial charge in [0.15, 0.2) is 23.1 Å². The van der Waals surface area contributed by atoms with E-state index in [4.69, 9.17) is 16.3 Å². The van der Waals surface area contributed by atoms with Gasteiger partial charge in [0, 0.05) is 110 Å². The van der Waals surface area contributed by atoms with E-state index in [0.29, 0.717) is 85.4 Å². The largest absolute Gasteiger partial charge is 0.497 e. The summed E-state index contributed by atoms with van der Waals surface area (Å²) in [6, 6.07) is 35.8. The summed E-state index contributed by atoms with van der Waals surface area (Å²) in [5.41, 5.74) is 13.1. The van der Waals surface area contributed by atoms with Crippen LogP contribution in [0.1, 0.15) is 189 Å². The summed E-state index contributed by atoms with van der Waals surface area (Å²) in [5.74, 6) is -4.98. The summed E-state index contributed by atoms with van der Waals surface area (Å²) in [6.45, 7) is 18.6. The van der Waals surface area contributed by atoms with Gasteiger partial charge in [-0.1, -0.05) is 81.6 Å². The first-order valence-electron chi connectivity index (χ1n) is 36.4. The molecule has 4 saturated carbocycles. The number of rotatable bonds is 21. The number of amides is 4. The molecule has 4 heterocycles. The Balaban J connectivity index is 0.000000168. The molecule has 0 spiro atoms. The van der Waals surface area contributed by atoms with Crippen LogP contribution in [0.3, 0.4) is 0 Å². The maximum absolute atomic E-state index is 12.9. The third-order valence-corrected chi connectivity index (χ3v) is 21.1. The second-order valence-electron chi connectivity index (χ2n) is 28.2. The number of halogens is 2. The molecular formula is C86H90BrClN8O13. The molecule has 566 valence electrons. The third-order valence-electron chi connectivity index (χ3n) is 20.4. The van der Waals surface area contributed by atoms with E-state index in [-0.39, 0.29) is 119 Å². The van der Waals surface area contributed by atoms with Gasteiger partial charge in [0.1, 0.15) is 75.3 Å². The van der Waals surface area contributed by atoms with Gasteiger partial charge in [0.25, 0.3) is 23.6 Å². The molecule has 4 amide bonds. The smallest absolute Gasteiger partial charge is 0.269 e. The topological polar surface area (TPSA) is 314 Å². The SMILES string of the molecule is COc1cc(C)c(C2C(=O)CC(CCNC(=O)c3ccccn3)C2=O)c(C)c1.Cc1cc(C)c(C2C(=O)CC(CCNC(=O)c3cc(Br)ccn3)C2=O)c(C)c1.Cc1cc(Cl)cc(C)c1C1C(=O)CC(CCNC(=O)c2ccccn2)C1=O.Cc1cccc(C)c1C1C(=O)CC(CCNC(=O)c2ccccn2)C1=O. The van der Waals surface area contributed by atoms with Crippen LogP contribution in [0.2, 0.25) is 5.02 Å². The van der Waals surface area contributed by atoms with Gasteiger partial charge in [-0.05, 0) is 228 Å². The van der Waals surface area contributed by atoms with Crippen molar-refractivity contribution in [2.24, 2.45) is 23.7 Å². The summed E-state index contributed by atoms with van der Waals surface area (Å²) < 4.78 is 6.04. The number of methoxy groups -OCH3 is 1. The minimum absolute atomic E-state index is 0.0200. The first kappa shape index (κ1) is 82.3. The van der Waals surface area contributed by atoms with Crippen molar-refractivity contribution >= 4 is 97.4 Å². The fraction of sp³-hybridized carbons (Fsp3) is 0.349. The highest BCUT2D eigenvalue weighted by Crippen LogP contribution is 2.42. The van der Waals surface area contributed by atoms with Crippen molar-refractivity contribution in [2.45, 2.75) is 137 Å². The third kappa shape index (κ3) is 20.6. The number of nitrogens with one attached hydrogen (secondary N) is 4. The number of carbonyl (C=O) groups is 12. The average Bonchev–Trinajstić information content (AvgIpc) is 1.69. The average molecular weight is 1560 g/mol. The number of ketones is 8. The molecule has 4 N–H and O–H groups in total. The molecule has 0 radical (unpaired) electrons. The second-order valence-corrected chi connectivity index (χ2v) is 29.6. The molecule has 4 aromatic heterocycles. The van der Waals surface area contributed by atoms with E-state index in [1.807, 2.05) is 105 Å². The van der Waals surface area contributed by atoms with E-state index in [1.165, 1.54) is 0 Å². The highest BCUT2D eigenvalue weighted by Gasteiger charge is 2.46. The molecule has 4 fully saturated rings. The van der Waals surface area contributed by atoms with Crippen LogP contribution >= 0.6 is 27.5 Å². The van der Waals surface area contributed by atoms with Crippen LogP contribution < -0.4 is 26.0 Å². The van der Waals surface area contributed by atoms with E-state index in [2.05, 4.69) is 57.1 Å². The lowest BCUT2D eigenvalue weighted by Crippen LogP contribution is -2.28. The number of ether oxygens (including phenoxy) is 1. The van der Waals surface area contributed by atoms with E-state index in [0.717, 1.165) is 76.8 Å². The Labute approximate surface area is 647 Å². The van der Waals surface area contributed by atoms with Crippen LogP contribution in [0.4, 0.5) is 0 Å². The zero-order valence-electron chi connectivity index (χ0n) is 62.8. The van der Waals surface area contributed by atoms with Gasteiger partial charge >= 0.3 is 0 Å². The highest BCUT2D eigenvalue weighted by atomic mass is 79.9. The maximum Gasteiger partial charge on any atom is 0.269 e. The second kappa shape index (κ2) is 37.9. The Kier molecular flexibility index (Phi) is 28.6. The molecule has 109 heavy (non-hydrogen) atoms. The molecule has 8 unspecified atom stereocenters. The van der Waals surface area contributed by atoms with Crippen molar-refractivity contribution in [3.8, 4) is 5.75 Å². The lowest BCUT2D eigenvalue weighted by Gasteiger charge is -2.17. The standard InChI is InChI=1S/C22H23BrN2O3.C22H24N2O4.C21H21ClN2O3.C21H22N2O3/c1-12-8-13(2)19(14(3)9-12)20-18(26)10-15(21(20)27)4-6-25-22(28)17-11-16(23)5-7-24-17;1-13-10-16(28-3)11-14(2)19(13)20-18(25)12-15(21(20)26)7-9-24-22(27)17-6-4-5-8-23-17;1-12-9-15(22)10-13(2)18(12)19-17(25)11-14(20(19)26)6-8-24-21(27)16-5-3-4-7-23-16;1-13-6-5-7-14(2)18(13)19-17(24)12-15(20(19)25)9-11-23-21(26)16-8-3-4-10-22-16/h5,7-9,11,15,20H,4,6,10H2,1-3H3,(H,25,28);4-6,8,10-11,15,20H,7,9,12H2,1-3H3,(H,24,27);3-5,7,9-10,14,19H,6,8,11H2,1-2H3,(H,24,27);3-8,10,15,19H,9,11-12H2,1-2H3,(H,23,26). The monoisotopic (exact) mass is 1560 g/mol. The number of aromatic nitrogens is 4. The number of nitrogens with zero attached hydrogens (tertiary/aromatic N) is 4. The van der Waals surface area contributed by atoms with Crippen molar-refractivity contribution in [1.29, 1.82) is 0 Å². The quantitative estimate of drug-likeness (QED) is 0.0486. The minimum atomic E-state index is -0.723. The molecule has 4 aliphatic carbocycles. The zero-order valence-corrected chi connectivity index (χ0v) is 65.2. The van der Waals surface area contributed by atoms with Gasteiger partial charge in [0.05, 0.1) is 7.11 Å². The van der Waals surface area contributed by atoms with Crippen LogP contribution in [-0.4, -0.2) is 123 Å². The summed E-state index contributed by atoms with van der Waals surface area (Å²) in [4.78, 5) is 166. The number of benzene rings is 4. The molecule has 12 rings (SSSR count). The predicted molar refractivity (Wildman–Crippen MR) is 416 cm³/mol. The fourth-order valence-corrected chi connectivity index (χ4v) is 15.9. The number of Topliss-reactive ketones (excluding diaryl/α,β-unsaturated/α-hetero) is 8. The first-order valence-corrected chi connectivity index (χ1v) is 37.5. The molecule has 0 aliphatic heterocycles. The number of aryl methyl sites for hydroxylation is 9. The van der Waals surface area contributed by atoms with Crippen LogP contribution in [0, 0.1) is 86.0 Å². The van der Waals surface area contributed by atoms with Crippen LogP contribution in [0.5, 0.6) is 5.75 Å². The van der Waals surface area contributed by atoms with Crippen LogP contribution in [0.25, 0.3) is 0 Å². The maximum atomic E-state index is 12.9. The minimum Gasteiger partial charge on any atom is -0.497 e. The molecular weight excluding hydrogens is 1470 g/mol. The van der Waals surface area contributed by atoms with Gasteiger partial charge in [-0.25, -0.2) is 0 Å². The Morgan fingerprint density at radius 1 is 0.376 bits per heavy atom. The Morgan fingerprint density at radius 3 is 0.972 bits per heavy atom. The van der Waals surface area contributed by atoms with E-state index in [1.54, 1.807) is 111 Å². The number of hydrogen-bond donors (Lipinski definition) is 4. The Bertz CT molecular complexity index is 4710. The lowest BCUT2D eigenvalue weighted by molar-refractivity contribution is -0.126. The number of hydrogen-bond acceptors (Lipinski definition) is 17. The molecule has 0 saturated heterocycles. The Hall–Kier alpha value is -10.7. The Morgan fingerprint density at radius 2 is 0.670 bits per heavy atom. The van der Waals surface area contributed by atoms with Crippen LogP contribution in [-0.2, 0) is 38.4 Å². The van der Waals surface area contributed by atoms with Crippen molar-refractivity contribution in [3.05, 3.63) is 251 Å². The van der Waals surface area contributed by atoms with Gasteiger partial charge in [-0.3, -0.25) is 77.5 Å². The molecule has 23 heteroatoms. The molecule has 0 bridgehead atoms. The first-order chi connectivity index (χ1) is 52.1. The van der Waals surface area contributed by atoms with Crippen LogP contribution in [0.15, 0.2) is 151 Å². The number of carbonyl (C=O) groups excluding carboxylic acids is 12. The van der Waals surface area contributed by atoms with Crippen molar-refractivity contribution in [3.63, 3.8) is 0 Å². The van der Waals surface area contributed by atoms with Gasteiger partial charge in [-0.2, -0.15) is 0 Å². The highest BCUT2D eigenvalue weighted by molar-refractivity contribution is 9.10. The van der Waals surface area contributed by atoms with Crippen molar-refractivity contribution < 1.29 is 62.3 Å². The van der Waals surface area contributed by atoms with E-state index >= 15 is 0 Å². The molecule has 4 aliphatic rings. The van der Waals surface area contributed by atoms with E-state index < -0.39 is 23.7 Å². The predicted octanol–water partition coefficient (Wildman–Crippen LogP) is 12.8. The lowest BCUT2D eigenvalue weighted by atomic mass is 9.86. The fourth-order valence-electron chi connectivity index (χ4n) is 15.2. The van der Waals surface area contributed by atoms with Crippen molar-refractivity contribution in [1.82, 2.24) is 41.2 Å². The normalized spacial score (nSPS) is 19.3. The van der Waals surface area contributed by atoms with Gasteiger partial charge < -0.3 is 26.0 Å². The zero-order chi connectivity index (χ0) is 78.9. The molecule has 4 aromatic carbocycles. The summed E-state index contributed by atoms with van der Waals surface area (Å²) in [5, 5.41) is 11.7. The summed E-state index contributed by atoms with van der Waals surface area (Å²) in [7, 11) is 1.59. The van der Waals surface area contributed by atoms with Gasteiger partial charge in [0.2, 0.25) is 0 Å². The van der Waals surface area contributed by atoms with Gasteiger partial charge in [-0.15, -0.1) is 0 Å². The van der Waals surface area contributed by atoms with Crippen molar-refractivity contribution in [2.75, 3.05) is 33.3 Å². The van der Waals surface area contributed by atoms with E-state index in [9.17, 15) is 57.5 Å². The number of pyridine rings is 4. The molecule has 21 nitrogen and oxygen atoms in total. The summed E-state index contributed by atoms with van der Waals surface area (Å²) in [6.07, 6.45) is 8.91. The summed E-state index contributed by atoms with van der Waals surface area (Å²) >= 11 is 9.37. The molecule has 8 aromatic rings. The molecule has 8 atom stereocenters.